The number of esters is 2. The van der Waals surface area contributed by atoms with Crippen LogP contribution in [0.25, 0.3) is 11.1 Å². The largest absolute Gasteiger partial charge is 0.465 e. The Morgan fingerprint density at radius 3 is 1.96 bits per heavy atom. The highest BCUT2D eigenvalue weighted by Crippen LogP contribution is 2.31. The predicted octanol–water partition coefficient (Wildman–Crippen LogP) is 2.84. The number of methoxy groups -OCH3 is 2. The first-order valence-corrected chi connectivity index (χ1v) is 6.53. The highest BCUT2D eigenvalue weighted by molar-refractivity contribution is 5.93. The molecular weight excluding hydrogens is 302 g/mol. The number of nitrogens with zero attached hydrogens (tertiary/aromatic N) is 1. The number of carbonyl (C=O) groups excluding carboxylic acids is 2. The van der Waals surface area contributed by atoms with Crippen LogP contribution in [0.2, 0.25) is 0 Å². The van der Waals surface area contributed by atoms with E-state index < -0.39 is 16.9 Å². The molecule has 7 heteroatoms. The Balaban J connectivity index is 2.48. The van der Waals surface area contributed by atoms with Crippen molar-refractivity contribution in [2.45, 2.75) is 0 Å². The fourth-order valence-corrected chi connectivity index (χ4v) is 2.08. The fourth-order valence-electron chi connectivity index (χ4n) is 2.08. The topological polar surface area (TPSA) is 95.7 Å². The number of nitro groups is 1. The molecule has 0 aliphatic carbocycles. The minimum Gasteiger partial charge on any atom is -0.465 e. The third-order valence-corrected chi connectivity index (χ3v) is 3.23. The molecule has 2 rings (SSSR count). The van der Waals surface area contributed by atoms with Crippen LogP contribution >= 0.6 is 0 Å². The molecular formula is C16H13NO6. The molecule has 118 valence electrons. The summed E-state index contributed by atoms with van der Waals surface area (Å²) < 4.78 is 9.16. The molecule has 7 nitrogen and oxygen atoms in total. The lowest BCUT2D eigenvalue weighted by molar-refractivity contribution is -0.384. The second kappa shape index (κ2) is 6.69. The molecule has 0 bridgehead atoms. The van der Waals surface area contributed by atoms with Gasteiger partial charge in [0.1, 0.15) is 0 Å². The zero-order valence-corrected chi connectivity index (χ0v) is 12.4. The van der Waals surface area contributed by atoms with Crippen molar-refractivity contribution in [3.05, 3.63) is 63.7 Å². The lowest BCUT2D eigenvalue weighted by atomic mass is 10.0. The number of carbonyl (C=O) groups is 2. The maximum absolute atomic E-state index is 11.5. The van der Waals surface area contributed by atoms with Gasteiger partial charge in [-0.2, -0.15) is 0 Å². The van der Waals surface area contributed by atoms with Gasteiger partial charge in [-0.25, -0.2) is 9.59 Å². The van der Waals surface area contributed by atoms with Gasteiger partial charge in [-0.1, -0.05) is 12.1 Å². The van der Waals surface area contributed by atoms with Gasteiger partial charge in [-0.3, -0.25) is 10.1 Å². The highest BCUT2D eigenvalue weighted by Gasteiger charge is 2.19. The molecule has 2 aromatic rings. The number of rotatable bonds is 4. The summed E-state index contributed by atoms with van der Waals surface area (Å²) in [6.45, 7) is 0. The van der Waals surface area contributed by atoms with Gasteiger partial charge in [0.25, 0.3) is 5.69 Å². The first kappa shape index (κ1) is 16.2. The predicted molar refractivity (Wildman–Crippen MR) is 81.2 cm³/mol. The first-order valence-electron chi connectivity index (χ1n) is 6.53. The third kappa shape index (κ3) is 3.34. The van der Waals surface area contributed by atoms with Crippen LogP contribution in [0.3, 0.4) is 0 Å². The Morgan fingerprint density at radius 1 is 0.913 bits per heavy atom. The summed E-state index contributed by atoms with van der Waals surface area (Å²) in [5.41, 5.74) is 1.08. The molecule has 2 aromatic carbocycles. The van der Waals surface area contributed by atoms with Gasteiger partial charge in [0, 0.05) is 6.07 Å². The molecule has 0 N–H and O–H groups in total. The number of nitro benzene ring substituents is 1. The summed E-state index contributed by atoms with van der Waals surface area (Å²) in [7, 11) is 2.47. The van der Waals surface area contributed by atoms with E-state index in [4.69, 9.17) is 0 Å². The highest BCUT2D eigenvalue weighted by atomic mass is 16.6. The summed E-state index contributed by atoms with van der Waals surface area (Å²) in [5, 5.41) is 11.3. The molecule has 23 heavy (non-hydrogen) atoms. The van der Waals surface area contributed by atoms with Gasteiger partial charge in [0.05, 0.1) is 35.8 Å². The van der Waals surface area contributed by atoms with E-state index in [1.807, 2.05) is 0 Å². The molecule has 0 heterocycles. The maximum Gasteiger partial charge on any atom is 0.338 e. The van der Waals surface area contributed by atoms with Crippen molar-refractivity contribution < 1.29 is 24.0 Å². The monoisotopic (exact) mass is 315 g/mol. The Morgan fingerprint density at radius 2 is 1.43 bits per heavy atom. The second-order valence-electron chi connectivity index (χ2n) is 4.55. The van der Waals surface area contributed by atoms with E-state index in [1.54, 1.807) is 12.1 Å². The van der Waals surface area contributed by atoms with E-state index in [-0.39, 0.29) is 11.3 Å². The van der Waals surface area contributed by atoms with Gasteiger partial charge >= 0.3 is 11.9 Å². The molecule has 0 saturated heterocycles. The molecule has 0 saturated carbocycles. The van der Waals surface area contributed by atoms with Crippen molar-refractivity contribution in [1.82, 2.24) is 0 Å². The summed E-state index contributed by atoms with van der Waals surface area (Å²) >= 11 is 0. The zero-order chi connectivity index (χ0) is 17.0. The van der Waals surface area contributed by atoms with Crippen LogP contribution in [0.4, 0.5) is 5.69 Å². The Bertz CT molecular complexity index is 767. The number of hydrogen-bond donors (Lipinski definition) is 0. The molecule has 0 amide bonds. The van der Waals surface area contributed by atoms with Gasteiger partial charge in [0.15, 0.2) is 0 Å². The Kier molecular flexibility index (Phi) is 4.70. The van der Waals surface area contributed by atoms with E-state index in [0.29, 0.717) is 16.7 Å². The van der Waals surface area contributed by atoms with Crippen molar-refractivity contribution >= 4 is 17.6 Å². The van der Waals surface area contributed by atoms with Crippen molar-refractivity contribution in [3.63, 3.8) is 0 Å². The smallest absolute Gasteiger partial charge is 0.338 e. The summed E-state index contributed by atoms with van der Waals surface area (Å²) in [5.74, 6) is -1.15. The molecule has 0 atom stereocenters. The summed E-state index contributed by atoms with van der Waals surface area (Å²) in [6.07, 6.45) is 0. The van der Waals surface area contributed by atoms with Crippen LogP contribution < -0.4 is 0 Å². The van der Waals surface area contributed by atoms with Crippen molar-refractivity contribution in [3.8, 4) is 11.1 Å². The van der Waals surface area contributed by atoms with Crippen molar-refractivity contribution in [1.29, 1.82) is 0 Å². The van der Waals surface area contributed by atoms with Crippen LogP contribution in [0.5, 0.6) is 0 Å². The number of hydrogen-bond acceptors (Lipinski definition) is 6. The van der Waals surface area contributed by atoms with E-state index in [2.05, 4.69) is 9.47 Å². The third-order valence-electron chi connectivity index (χ3n) is 3.23. The van der Waals surface area contributed by atoms with Crippen LogP contribution in [0.15, 0.2) is 42.5 Å². The maximum atomic E-state index is 11.5. The SMILES string of the molecule is COC(=O)c1ccc(-c2ccc(C(=O)OC)cc2[N+](=O)[O-])cc1. The van der Waals surface area contributed by atoms with E-state index >= 15 is 0 Å². The molecule has 0 spiro atoms. The van der Waals surface area contributed by atoms with Crippen LogP contribution in [0.1, 0.15) is 20.7 Å². The molecule has 0 radical (unpaired) electrons. The van der Waals surface area contributed by atoms with Gasteiger partial charge in [-0.05, 0) is 29.8 Å². The minimum absolute atomic E-state index is 0.0918. The van der Waals surface area contributed by atoms with E-state index in [1.165, 1.54) is 38.5 Å². The van der Waals surface area contributed by atoms with Crippen LogP contribution in [0, 0.1) is 10.1 Å². The van der Waals surface area contributed by atoms with E-state index in [9.17, 15) is 19.7 Å². The Labute approximate surface area is 131 Å². The van der Waals surface area contributed by atoms with Gasteiger partial charge < -0.3 is 9.47 Å². The van der Waals surface area contributed by atoms with Crippen LogP contribution in [-0.4, -0.2) is 31.1 Å². The minimum atomic E-state index is -0.652. The zero-order valence-electron chi connectivity index (χ0n) is 12.4. The number of ether oxygens (including phenoxy) is 2. The normalized spacial score (nSPS) is 10.0. The molecule has 0 aromatic heterocycles. The number of benzene rings is 2. The molecule has 0 aliphatic heterocycles. The molecule has 0 fully saturated rings. The molecule has 0 unspecified atom stereocenters. The van der Waals surface area contributed by atoms with Crippen molar-refractivity contribution in [2.75, 3.05) is 14.2 Å². The van der Waals surface area contributed by atoms with Crippen LogP contribution in [-0.2, 0) is 9.47 Å². The average Bonchev–Trinajstić information content (AvgIpc) is 2.59. The molecule has 0 aliphatic rings. The quantitative estimate of drug-likeness (QED) is 0.489. The Hall–Kier alpha value is -3.22. The van der Waals surface area contributed by atoms with Gasteiger partial charge in [0.2, 0.25) is 0 Å². The summed E-state index contributed by atoms with van der Waals surface area (Å²) in [6, 6.07) is 10.3. The average molecular weight is 315 g/mol. The van der Waals surface area contributed by atoms with Crippen molar-refractivity contribution in [2.24, 2.45) is 0 Å². The van der Waals surface area contributed by atoms with E-state index in [0.717, 1.165) is 6.07 Å². The standard InChI is InChI=1S/C16H13NO6/c1-22-15(18)11-5-3-10(4-6-11)13-8-7-12(16(19)23-2)9-14(13)17(20)21/h3-9H,1-2H3. The lowest BCUT2D eigenvalue weighted by Gasteiger charge is -2.06. The lowest BCUT2D eigenvalue weighted by Crippen LogP contribution is -2.03. The second-order valence-corrected chi connectivity index (χ2v) is 4.55. The van der Waals surface area contributed by atoms with Gasteiger partial charge in [-0.15, -0.1) is 0 Å². The fraction of sp³-hybridized carbons (Fsp3) is 0.125. The summed E-state index contributed by atoms with van der Waals surface area (Å²) in [4.78, 5) is 33.6. The first-order chi connectivity index (χ1) is 11.0.